The van der Waals surface area contributed by atoms with Crippen LogP contribution >= 0.6 is 0 Å². The van der Waals surface area contributed by atoms with Crippen LogP contribution in [0.4, 0.5) is 5.69 Å². The van der Waals surface area contributed by atoms with Gasteiger partial charge in [-0.25, -0.2) is 13.4 Å². The molecule has 9 heteroatoms. The first-order valence-electron chi connectivity index (χ1n) is 4.89. The number of sulfonamides is 1. The first kappa shape index (κ1) is 14.2. The average Bonchev–Trinajstić information content (AvgIpc) is 2.17. The zero-order chi connectivity index (χ0) is 14.1. The van der Waals surface area contributed by atoms with Gasteiger partial charge < -0.3 is 5.11 Å². The zero-order valence-electron chi connectivity index (χ0n) is 10.1. The molecule has 0 aliphatic rings. The van der Waals surface area contributed by atoms with Crippen molar-refractivity contribution in [1.82, 2.24) is 9.55 Å². The van der Waals surface area contributed by atoms with E-state index >= 15 is 0 Å². The number of anilines is 1. The highest BCUT2D eigenvalue weighted by atomic mass is 32.2. The summed E-state index contributed by atoms with van der Waals surface area (Å²) in [4.78, 5) is 26.5. The molecule has 0 unspecified atom stereocenters. The van der Waals surface area contributed by atoms with Gasteiger partial charge in [0.15, 0.2) is 0 Å². The van der Waals surface area contributed by atoms with Crippen LogP contribution in [0, 0.1) is 13.8 Å². The van der Waals surface area contributed by atoms with Gasteiger partial charge in [-0.15, -0.1) is 0 Å². The van der Waals surface area contributed by atoms with Gasteiger partial charge in [-0.1, -0.05) is 0 Å². The number of hydrogen-bond acceptors (Lipinski definition) is 5. The van der Waals surface area contributed by atoms with Crippen LogP contribution in [0.15, 0.2) is 4.79 Å². The predicted octanol–water partition coefficient (Wildman–Crippen LogP) is -0.684. The molecule has 100 valence electrons. The van der Waals surface area contributed by atoms with Crippen LogP contribution in [-0.4, -0.2) is 35.3 Å². The molecule has 0 aromatic carbocycles. The van der Waals surface area contributed by atoms with Crippen molar-refractivity contribution in [2.24, 2.45) is 0 Å². The second-order valence-electron chi connectivity index (χ2n) is 3.78. The van der Waals surface area contributed by atoms with Gasteiger partial charge >= 0.3 is 5.97 Å². The fraction of sp³-hybridized carbons (Fsp3) is 0.444. The quantitative estimate of drug-likeness (QED) is 0.751. The molecule has 0 bridgehead atoms. The normalized spacial score (nSPS) is 11.3. The summed E-state index contributed by atoms with van der Waals surface area (Å²) in [5.74, 6) is -1.00. The Bertz CT molecular complexity index is 647. The molecule has 18 heavy (non-hydrogen) atoms. The molecule has 1 aromatic heterocycles. The lowest BCUT2D eigenvalue weighted by Gasteiger charge is -2.12. The van der Waals surface area contributed by atoms with Crippen LogP contribution in [0.5, 0.6) is 0 Å². The Labute approximate surface area is 103 Å². The maximum Gasteiger partial charge on any atom is 0.323 e. The third kappa shape index (κ3) is 3.29. The molecule has 0 atom stereocenters. The Balaban J connectivity index is 3.45. The lowest BCUT2D eigenvalue weighted by Crippen LogP contribution is -2.31. The second kappa shape index (κ2) is 4.77. The van der Waals surface area contributed by atoms with Gasteiger partial charge in [0.25, 0.3) is 5.56 Å². The SMILES string of the molecule is Cc1nc(C)n(CC(=O)O)c(=O)c1NS(C)(=O)=O. The van der Waals surface area contributed by atoms with E-state index in [1.807, 2.05) is 4.72 Å². The summed E-state index contributed by atoms with van der Waals surface area (Å²) in [7, 11) is -3.63. The number of aromatic nitrogens is 2. The Morgan fingerprint density at radius 2 is 2.00 bits per heavy atom. The van der Waals surface area contributed by atoms with Crippen molar-refractivity contribution in [3.63, 3.8) is 0 Å². The predicted molar refractivity (Wildman–Crippen MR) is 64.1 cm³/mol. The fourth-order valence-electron chi connectivity index (χ4n) is 1.42. The van der Waals surface area contributed by atoms with Crippen molar-refractivity contribution in [2.75, 3.05) is 11.0 Å². The number of carbonyl (C=O) groups is 1. The molecule has 0 fully saturated rings. The number of nitrogens with one attached hydrogen (secondary N) is 1. The number of rotatable bonds is 4. The van der Waals surface area contributed by atoms with E-state index in [9.17, 15) is 18.0 Å². The molecule has 0 radical (unpaired) electrons. The topological polar surface area (TPSA) is 118 Å². The smallest absolute Gasteiger partial charge is 0.323 e. The van der Waals surface area contributed by atoms with E-state index in [2.05, 4.69) is 4.98 Å². The van der Waals surface area contributed by atoms with Gasteiger partial charge in [-0.3, -0.25) is 18.9 Å². The van der Waals surface area contributed by atoms with Crippen LogP contribution in [0.2, 0.25) is 0 Å². The summed E-state index contributed by atoms with van der Waals surface area (Å²) in [6, 6.07) is 0. The summed E-state index contributed by atoms with van der Waals surface area (Å²) in [5.41, 5.74) is -0.762. The van der Waals surface area contributed by atoms with Crippen LogP contribution < -0.4 is 10.3 Å². The van der Waals surface area contributed by atoms with E-state index < -0.39 is 28.1 Å². The number of nitrogens with zero attached hydrogens (tertiary/aromatic N) is 2. The minimum absolute atomic E-state index is 0.199. The van der Waals surface area contributed by atoms with E-state index in [1.165, 1.54) is 13.8 Å². The number of aliphatic carboxylic acids is 1. The largest absolute Gasteiger partial charge is 0.480 e. The minimum atomic E-state index is -3.63. The molecular weight excluding hydrogens is 262 g/mol. The van der Waals surface area contributed by atoms with Crippen molar-refractivity contribution >= 4 is 21.7 Å². The maximum absolute atomic E-state index is 12.0. The summed E-state index contributed by atoms with van der Waals surface area (Å²) < 4.78 is 25.2. The van der Waals surface area contributed by atoms with Crippen LogP contribution in [0.3, 0.4) is 0 Å². The van der Waals surface area contributed by atoms with Gasteiger partial charge in [0.05, 0.1) is 11.9 Å². The van der Waals surface area contributed by atoms with E-state index in [1.54, 1.807) is 0 Å². The molecule has 0 saturated carbocycles. The van der Waals surface area contributed by atoms with Gasteiger partial charge in [0, 0.05) is 0 Å². The molecule has 1 heterocycles. The Hall–Kier alpha value is -1.90. The standard InChI is InChI=1S/C9H13N3O5S/c1-5-8(11-18(3,16)17)9(15)12(4-7(13)14)6(2)10-5/h11H,4H2,1-3H3,(H,13,14). The van der Waals surface area contributed by atoms with E-state index in [0.29, 0.717) is 0 Å². The molecule has 1 aromatic rings. The molecule has 0 aliphatic heterocycles. The average molecular weight is 275 g/mol. The number of aryl methyl sites for hydroxylation is 2. The highest BCUT2D eigenvalue weighted by Crippen LogP contribution is 2.08. The van der Waals surface area contributed by atoms with E-state index in [-0.39, 0.29) is 17.2 Å². The highest BCUT2D eigenvalue weighted by Gasteiger charge is 2.16. The van der Waals surface area contributed by atoms with Gasteiger partial charge in [0.1, 0.15) is 18.1 Å². The lowest BCUT2D eigenvalue weighted by atomic mass is 10.3. The number of carboxylic acid groups (broad SMARTS) is 1. The van der Waals surface area contributed by atoms with Crippen molar-refractivity contribution in [3.8, 4) is 0 Å². The van der Waals surface area contributed by atoms with Crippen molar-refractivity contribution < 1.29 is 18.3 Å². The Kier molecular flexibility index (Phi) is 3.75. The van der Waals surface area contributed by atoms with Crippen LogP contribution in [0.25, 0.3) is 0 Å². The van der Waals surface area contributed by atoms with Gasteiger partial charge in [-0.2, -0.15) is 0 Å². The molecule has 0 aliphatic carbocycles. The zero-order valence-corrected chi connectivity index (χ0v) is 10.9. The third-order valence-corrected chi connectivity index (χ3v) is 2.70. The molecule has 8 nitrogen and oxygen atoms in total. The monoisotopic (exact) mass is 275 g/mol. The molecule has 0 saturated heterocycles. The lowest BCUT2D eigenvalue weighted by molar-refractivity contribution is -0.137. The van der Waals surface area contributed by atoms with Crippen molar-refractivity contribution in [1.29, 1.82) is 0 Å². The van der Waals surface area contributed by atoms with Crippen LogP contribution in [0.1, 0.15) is 11.5 Å². The first-order chi connectivity index (χ1) is 8.11. The van der Waals surface area contributed by atoms with Gasteiger partial charge in [-0.05, 0) is 13.8 Å². The number of hydrogen-bond donors (Lipinski definition) is 2. The molecule has 2 N–H and O–H groups in total. The molecule has 0 amide bonds. The van der Waals surface area contributed by atoms with Crippen LogP contribution in [-0.2, 0) is 21.4 Å². The van der Waals surface area contributed by atoms with Crippen molar-refractivity contribution in [2.45, 2.75) is 20.4 Å². The van der Waals surface area contributed by atoms with Crippen molar-refractivity contribution in [3.05, 3.63) is 21.9 Å². The molecule has 0 spiro atoms. The number of carboxylic acids is 1. The summed E-state index contributed by atoms with van der Waals surface area (Å²) >= 11 is 0. The van der Waals surface area contributed by atoms with E-state index in [0.717, 1.165) is 10.8 Å². The first-order valence-corrected chi connectivity index (χ1v) is 6.78. The van der Waals surface area contributed by atoms with E-state index in [4.69, 9.17) is 5.11 Å². The summed E-state index contributed by atoms with van der Waals surface area (Å²) in [5, 5.41) is 8.68. The molecular formula is C9H13N3O5S. The Morgan fingerprint density at radius 1 is 1.44 bits per heavy atom. The summed E-state index contributed by atoms with van der Waals surface area (Å²) in [6.45, 7) is 2.37. The minimum Gasteiger partial charge on any atom is -0.480 e. The summed E-state index contributed by atoms with van der Waals surface area (Å²) in [6.07, 6.45) is 0.896. The van der Waals surface area contributed by atoms with Gasteiger partial charge in [0.2, 0.25) is 10.0 Å². The highest BCUT2D eigenvalue weighted by molar-refractivity contribution is 7.92. The Morgan fingerprint density at radius 3 is 2.44 bits per heavy atom. The third-order valence-electron chi connectivity index (χ3n) is 2.12. The second-order valence-corrected chi connectivity index (χ2v) is 5.53. The fourth-order valence-corrected chi connectivity index (χ4v) is 2.03. The maximum atomic E-state index is 12.0. The molecule has 1 rings (SSSR count).